The van der Waals surface area contributed by atoms with E-state index in [0.717, 1.165) is 5.56 Å². The molecule has 194 valence electrons. The van der Waals surface area contributed by atoms with Crippen LogP contribution in [0.25, 0.3) is 16.9 Å². The average Bonchev–Trinajstić information content (AvgIpc) is 3.37. The van der Waals surface area contributed by atoms with Gasteiger partial charge in [-0.1, -0.05) is 104 Å². The summed E-state index contributed by atoms with van der Waals surface area (Å²) in [7, 11) is 0. The molecule has 0 unspecified atom stereocenters. The van der Waals surface area contributed by atoms with Crippen LogP contribution in [-0.4, -0.2) is 37.8 Å². The number of hydrogen-bond donors (Lipinski definition) is 1. The summed E-state index contributed by atoms with van der Waals surface area (Å²) in [4.78, 5) is 15.2. The molecule has 1 N–H and O–H groups in total. The lowest BCUT2D eigenvalue weighted by molar-refractivity contribution is 0.0690. The summed E-state index contributed by atoms with van der Waals surface area (Å²) in [5, 5.41) is 17.8. The van der Waals surface area contributed by atoms with Crippen LogP contribution in [0.1, 0.15) is 43.9 Å². The van der Waals surface area contributed by atoms with E-state index >= 15 is 0 Å². The lowest BCUT2D eigenvalue weighted by atomic mass is 9.34. The zero-order valence-corrected chi connectivity index (χ0v) is 23.1. The van der Waals surface area contributed by atoms with Crippen molar-refractivity contribution in [2.24, 2.45) is 0 Å². The second-order valence-electron chi connectivity index (χ2n) is 10.4. The summed E-state index contributed by atoms with van der Waals surface area (Å²) in [6, 6.07) is 20.8. The maximum Gasteiger partial charge on any atom is 0.354 e. The van der Waals surface area contributed by atoms with E-state index in [1.54, 1.807) is 16.9 Å². The van der Waals surface area contributed by atoms with Crippen molar-refractivity contribution in [2.75, 3.05) is 0 Å². The fourth-order valence-corrected chi connectivity index (χ4v) is 5.82. The minimum Gasteiger partial charge on any atom is -0.477 e. The van der Waals surface area contributed by atoms with E-state index in [1.165, 1.54) is 62.0 Å². The number of carboxylic acids is 1. The highest BCUT2D eigenvalue weighted by molar-refractivity contribution is 6.96. The summed E-state index contributed by atoms with van der Waals surface area (Å²) in [5.41, 5.74) is 13.8. The second-order valence-corrected chi connectivity index (χ2v) is 10.4. The van der Waals surface area contributed by atoms with Crippen LogP contribution < -0.4 is 16.4 Å². The molecule has 2 heterocycles. The predicted octanol–water partition coefficient (Wildman–Crippen LogP) is 4.39. The fraction of sp³-hybridized carbons (Fsp3) is 0.188. The third-order valence-electron chi connectivity index (χ3n) is 7.31. The molecule has 0 fully saturated rings. The molecular formula is C32H31BN4O2. The molecular weight excluding hydrogens is 483 g/mol. The number of benzene rings is 3. The molecule has 0 amide bonds. The molecule has 6 nitrogen and oxygen atoms in total. The number of rotatable bonds is 6. The maximum atomic E-state index is 11.3. The van der Waals surface area contributed by atoms with Crippen LogP contribution in [0.15, 0.2) is 73.1 Å². The first-order valence-electron chi connectivity index (χ1n) is 13.0. The lowest BCUT2D eigenvalue weighted by Gasteiger charge is -2.24. The van der Waals surface area contributed by atoms with Gasteiger partial charge in [-0.25, -0.2) is 14.5 Å². The number of nitrogens with zero attached hydrogens (tertiary/aromatic N) is 4. The molecule has 0 aliphatic rings. The third kappa shape index (κ3) is 5.12. The van der Waals surface area contributed by atoms with Crippen molar-refractivity contribution in [3.05, 3.63) is 112 Å². The Morgan fingerprint density at radius 3 is 1.82 bits per heavy atom. The largest absolute Gasteiger partial charge is 0.477 e. The standard InChI is InChI=1S/C32H31BN4O2/c1-19-13-21(3)30(22(4)14-19)33(31-23(5)15-20(2)16-24(31)6)26-9-7-25(8-10-26)29-18-37(36-35-29)27-11-12-34-28(17-27)32(38)39/h7-18H,1-6H3,(H,38,39). The number of aromatic nitrogens is 4. The Morgan fingerprint density at radius 1 is 0.769 bits per heavy atom. The summed E-state index contributed by atoms with van der Waals surface area (Å²) < 4.78 is 1.57. The summed E-state index contributed by atoms with van der Waals surface area (Å²) >= 11 is 0. The Kier molecular flexibility index (Phi) is 6.92. The van der Waals surface area contributed by atoms with Gasteiger partial charge in [-0.2, -0.15) is 0 Å². The molecule has 0 aliphatic carbocycles. The SMILES string of the molecule is Cc1cc(C)c(B(c2ccc(-c3cn(-c4ccnc(C(=O)O)c4)nn3)cc2)c2c(C)cc(C)cc2C)c(C)c1. The minimum absolute atomic E-state index is 0.0386. The number of aromatic carboxylic acids is 1. The Hall–Kier alpha value is -4.52. The highest BCUT2D eigenvalue weighted by Crippen LogP contribution is 2.18. The van der Waals surface area contributed by atoms with E-state index in [9.17, 15) is 9.90 Å². The molecule has 39 heavy (non-hydrogen) atoms. The zero-order chi connectivity index (χ0) is 27.8. The number of carboxylic acid groups (broad SMARTS) is 1. The van der Waals surface area contributed by atoms with Gasteiger partial charge in [-0.05, 0) is 53.7 Å². The first-order valence-corrected chi connectivity index (χ1v) is 13.0. The van der Waals surface area contributed by atoms with Crippen molar-refractivity contribution < 1.29 is 9.90 Å². The van der Waals surface area contributed by atoms with Gasteiger partial charge in [0, 0.05) is 11.8 Å². The van der Waals surface area contributed by atoms with Gasteiger partial charge in [-0.15, -0.1) is 5.10 Å². The van der Waals surface area contributed by atoms with Crippen LogP contribution in [0.2, 0.25) is 0 Å². The summed E-state index contributed by atoms with van der Waals surface area (Å²) in [6.45, 7) is 13.2. The van der Waals surface area contributed by atoms with E-state index in [2.05, 4.69) is 105 Å². The van der Waals surface area contributed by atoms with E-state index in [4.69, 9.17) is 0 Å². The molecule has 5 aromatic rings. The molecule has 5 rings (SSSR count). The monoisotopic (exact) mass is 514 g/mol. The molecule has 0 saturated carbocycles. The van der Waals surface area contributed by atoms with Crippen molar-refractivity contribution in [1.29, 1.82) is 0 Å². The van der Waals surface area contributed by atoms with Gasteiger partial charge < -0.3 is 5.11 Å². The van der Waals surface area contributed by atoms with Crippen molar-refractivity contribution in [3.63, 3.8) is 0 Å². The van der Waals surface area contributed by atoms with Gasteiger partial charge >= 0.3 is 5.97 Å². The van der Waals surface area contributed by atoms with Crippen LogP contribution in [0.4, 0.5) is 0 Å². The van der Waals surface area contributed by atoms with Crippen molar-refractivity contribution in [2.45, 2.75) is 41.5 Å². The fourth-order valence-electron chi connectivity index (χ4n) is 5.82. The Labute approximate surface area is 229 Å². The van der Waals surface area contributed by atoms with Crippen LogP contribution in [0.3, 0.4) is 0 Å². The molecule has 0 atom stereocenters. The molecule has 0 aliphatic heterocycles. The molecule has 0 radical (unpaired) electrons. The van der Waals surface area contributed by atoms with Crippen LogP contribution in [-0.2, 0) is 0 Å². The van der Waals surface area contributed by atoms with E-state index < -0.39 is 5.97 Å². The van der Waals surface area contributed by atoms with Gasteiger partial charge in [0.2, 0.25) is 6.71 Å². The molecule has 2 aromatic heterocycles. The van der Waals surface area contributed by atoms with Gasteiger partial charge in [-0.3, -0.25) is 0 Å². The third-order valence-corrected chi connectivity index (χ3v) is 7.31. The highest BCUT2D eigenvalue weighted by Gasteiger charge is 2.28. The Morgan fingerprint density at radius 2 is 1.31 bits per heavy atom. The van der Waals surface area contributed by atoms with Gasteiger partial charge in [0.05, 0.1) is 11.9 Å². The van der Waals surface area contributed by atoms with Crippen molar-refractivity contribution in [3.8, 4) is 16.9 Å². The summed E-state index contributed by atoms with van der Waals surface area (Å²) in [5.74, 6) is -1.08. The quantitative estimate of drug-likeness (QED) is 0.340. The highest BCUT2D eigenvalue weighted by atomic mass is 16.4. The first kappa shape index (κ1) is 26.1. The summed E-state index contributed by atoms with van der Waals surface area (Å²) in [6.07, 6.45) is 3.26. The Bertz CT molecular complexity index is 1600. The molecule has 0 saturated heterocycles. The maximum absolute atomic E-state index is 11.3. The molecule has 0 bridgehead atoms. The normalized spacial score (nSPS) is 11.0. The van der Waals surface area contributed by atoms with E-state index in [-0.39, 0.29) is 12.4 Å². The van der Waals surface area contributed by atoms with Crippen molar-refractivity contribution >= 4 is 29.1 Å². The predicted molar refractivity (Wildman–Crippen MR) is 158 cm³/mol. The topological polar surface area (TPSA) is 80.9 Å². The molecule has 0 spiro atoms. The number of pyridine rings is 1. The van der Waals surface area contributed by atoms with Crippen LogP contribution in [0, 0.1) is 41.5 Å². The van der Waals surface area contributed by atoms with Gasteiger partial charge in [0.15, 0.2) is 0 Å². The van der Waals surface area contributed by atoms with Gasteiger partial charge in [0.25, 0.3) is 0 Å². The zero-order valence-electron chi connectivity index (χ0n) is 23.1. The second kappa shape index (κ2) is 10.3. The first-order chi connectivity index (χ1) is 18.6. The van der Waals surface area contributed by atoms with Crippen LogP contribution >= 0.6 is 0 Å². The lowest BCUT2D eigenvalue weighted by Crippen LogP contribution is -2.55. The van der Waals surface area contributed by atoms with Gasteiger partial charge in [0.1, 0.15) is 11.4 Å². The average molecular weight is 514 g/mol. The smallest absolute Gasteiger partial charge is 0.354 e. The minimum atomic E-state index is -1.08. The number of hydrogen-bond acceptors (Lipinski definition) is 4. The van der Waals surface area contributed by atoms with E-state index in [1.807, 2.05) is 0 Å². The Balaban J connectivity index is 1.57. The van der Waals surface area contributed by atoms with Crippen molar-refractivity contribution in [1.82, 2.24) is 20.0 Å². The van der Waals surface area contributed by atoms with Crippen LogP contribution in [0.5, 0.6) is 0 Å². The molecule has 3 aromatic carbocycles. The number of aryl methyl sites for hydroxylation is 6. The number of carbonyl (C=O) groups is 1. The van der Waals surface area contributed by atoms with E-state index in [0.29, 0.717) is 11.4 Å². The molecule has 7 heteroatoms.